The van der Waals surface area contributed by atoms with Crippen LogP contribution in [0.3, 0.4) is 0 Å². The van der Waals surface area contributed by atoms with E-state index >= 15 is 0 Å². The van der Waals surface area contributed by atoms with Gasteiger partial charge in [-0.15, -0.1) is 0 Å². The predicted molar refractivity (Wildman–Crippen MR) is 59.8 cm³/mol. The molecule has 0 saturated heterocycles. The average Bonchev–Trinajstić information content (AvgIpc) is 2.12. The summed E-state index contributed by atoms with van der Waals surface area (Å²) in [6.07, 6.45) is -4.94. The number of Topliss-reactive ketones (excluding diaryl/α,β-unsaturated/α-hetero) is 1. The van der Waals surface area contributed by atoms with Crippen LogP contribution in [0.15, 0.2) is 18.2 Å². The molecule has 18 heavy (non-hydrogen) atoms. The minimum Gasteiger partial charge on any atom is -0.294 e. The number of rotatable bonds is 2. The quantitative estimate of drug-likeness (QED) is 0.568. The monoisotopic (exact) mass is 262 g/mol. The van der Waals surface area contributed by atoms with Crippen LogP contribution in [0.4, 0.5) is 17.6 Å². The van der Waals surface area contributed by atoms with Gasteiger partial charge >= 0.3 is 6.18 Å². The van der Waals surface area contributed by atoms with Crippen LogP contribution in [0.2, 0.25) is 0 Å². The van der Waals surface area contributed by atoms with Gasteiger partial charge in [-0.3, -0.25) is 4.79 Å². The Bertz CT molecular complexity index is 455. The van der Waals surface area contributed by atoms with Crippen molar-refractivity contribution in [3.8, 4) is 0 Å². The number of benzene rings is 1. The zero-order valence-electron chi connectivity index (χ0n) is 10.4. The molecule has 0 bridgehead atoms. The van der Waals surface area contributed by atoms with Crippen molar-refractivity contribution in [3.05, 3.63) is 35.1 Å². The van der Waals surface area contributed by atoms with Crippen molar-refractivity contribution in [1.29, 1.82) is 0 Å². The lowest BCUT2D eigenvalue weighted by Crippen LogP contribution is -2.19. The zero-order chi connectivity index (χ0) is 14.1. The number of hydrogen-bond acceptors (Lipinski definition) is 1. The Balaban J connectivity index is 3.26. The van der Waals surface area contributed by atoms with E-state index in [9.17, 15) is 22.4 Å². The molecular formula is C13H14F4O. The van der Waals surface area contributed by atoms with E-state index in [1.807, 2.05) is 0 Å². The second-order valence-electron chi connectivity index (χ2n) is 5.32. The second kappa shape index (κ2) is 4.71. The third kappa shape index (κ3) is 3.55. The molecule has 0 aliphatic rings. The standard InChI is InChI=1S/C13H14F4O/c1-12(2,3)7-10(18)8-5-4-6-9(14)11(8)13(15,16)17/h4-6H,7H2,1-3H3. The molecule has 1 aromatic rings. The largest absolute Gasteiger partial charge is 0.419 e. The van der Waals surface area contributed by atoms with Crippen molar-refractivity contribution < 1.29 is 22.4 Å². The van der Waals surface area contributed by atoms with Crippen molar-refractivity contribution in [2.24, 2.45) is 5.41 Å². The third-order valence-electron chi connectivity index (χ3n) is 2.29. The molecule has 5 heteroatoms. The molecule has 0 unspecified atom stereocenters. The molecule has 0 fully saturated rings. The topological polar surface area (TPSA) is 17.1 Å². The molecule has 0 saturated carbocycles. The van der Waals surface area contributed by atoms with Crippen LogP contribution in [0.25, 0.3) is 0 Å². The first-order valence-corrected chi connectivity index (χ1v) is 5.41. The normalized spacial score (nSPS) is 12.6. The van der Waals surface area contributed by atoms with E-state index in [0.29, 0.717) is 6.07 Å². The fourth-order valence-electron chi connectivity index (χ4n) is 1.62. The maximum absolute atomic E-state index is 13.3. The van der Waals surface area contributed by atoms with E-state index in [2.05, 4.69) is 0 Å². The molecule has 1 nitrogen and oxygen atoms in total. The second-order valence-corrected chi connectivity index (χ2v) is 5.32. The molecule has 0 amide bonds. The van der Waals surface area contributed by atoms with Gasteiger partial charge in [0.15, 0.2) is 5.78 Å². The van der Waals surface area contributed by atoms with Crippen LogP contribution in [0.1, 0.15) is 43.1 Å². The number of alkyl halides is 3. The molecule has 0 radical (unpaired) electrons. The van der Waals surface area contributed by atoms with Gasteiger partial charge in [0, 0.05) is 12.0 Å². The molecule has 0 N–H and O–H groups in total. The Labute approximate surface area is 103 Å². The number of ketones is 1. The van der Waals surface area contributed by atoms with Gasteiger partial charge in [0.05, 0.1) is 0 Å². The van der Waals surface area contributed by atoms with Crippen LogP contribution in [-0.2, 0) is 6.18 Å². The van der Waals surface area contributed by atoms with Gasteiger partial charge in [-0.2, -0.15) is 13.2 Å². The lowest BCUT2D eigenvalue weighted by atomic mass is 9.86. The van der Waals surface area contributed by atoms with E-state index in [4.69, 9.17) is 0 Å². The lowest BCUT2D eigenvalue weighted by Gasteiger charge is -2.19. The van der Waals surface area contributed by atoms with Gasteiger partial charge in [-0.25, -0.2) is 4.39 Å². The first kappa shape index (κ1) is 14.7. The Morgan fingerprint density at radius 1 is 1.17 bits per heavy atom. The fraction of sp³-hybridized carbons (Fsp3) is 0.462. The number of hydrogen-bond donors (Lipinski definition) is 0. The Kier molecular flexibility index (Phi) is 3.84. The molecule has 0 heterocycles. The minimum absolute atomic E-state index is 0.0699. The highest BCUT2D eigenvalue weighted by molar-refractivity contribution is 5.98. The van der Waals surface area contributed by atoms with Gasteiger partial charge in [-0.1, -0.05) is 32.9 Å². The van der Waals surface area contributed by atoms with Crippen LogP contribution in [-0.4, -0.2) is 5.78 Å². The van der Waals surface area contributed by atoms with Gasteiger partial charge in [0.1, 0.15) is 11.4 Å². The summed E-state index contributed by atoms with van der Waals surface area (Å²) in [6.45, 7) is 5.20. The molecule has 1 aromatic carbocycles. The summed E-state index contributed by atoms with van der Waals surface area (Å²) in [5.74, 6) is -2.11. The van der Waals surface area contributed by atoms with Crippen molar-refractivity contribution in [2.75, 3.05) is 0 Å². The molecule has 0 atom stereocenters. The van der Waals surface area contributed by atoms with E-state index < -0.39 is 34.3 Å². The van der Waals surface area contributed by atoms with Crippen molar-refractivity contribution in [2.45, 2.75) is 33.4 Å². The van der Waals surface area contributed by atoms with Crippen LogP contribution < -0.4 is 0 Å². The van der Waals surface area contributed by atoms with Crippen LogP contribution >= 0.6 is 0 Å². The highest BCUT2D eigenvalue weighted by atomic mass is 19.4. The third-order valence-corrected chi connectivity index (χ3v) is 2.29. The van der Waals surface area contributed by atoms with Crippen molar-refractivity contribution in [1.82, 2.24) is 0 Å². The molecule has 0 aromatic heterocycles. The van der Waals surface area contributed by atoms with E-state index in [-0.39, 0.29) is 6.42 Å². The van der Waals surface area contributed by atoms with Gasteiger partial charge in [-0.05, 0) is 11.5 Å². The number of halogens is 4. The Morgan fingerprint density at radius 2 is 1.72 bits per heavy atom. The van der Waals surface area contributed by atoms with Crippen LogP contribution in [0, 0.1) is 11.2 Å². The molecule has 100 valence electrons. The summed E-state index contributed by atoms with van der Waals surface area (Å²) in [7, 11) is 0. The summed E-state index contributed by atoms with van der Waals surface area (Å²) in [5.41, 5.74) is -2.52. The zero-order valence-corrected chi connectivity index (χ0v) is 10.4. The van der Waals surface area contributed by atoms with E-state index in [1.165, 1.54) is 0 Å². The molecular weight excluding hydrogens is 248 g/mol. The number of carbonyl (C=O) groups is 1. The number of carbonyl (C=O) groups excluding carboxylic acids is 1. The summed E-state index contributed by atoms with van der Waals surface area (Å²) in [6, 6.07) is 2.83. The van der Waals surface area contributed by atoms with Crippen molar-refractivity contribution in [3.63, 3.8) is 0 Å². The van der Waals surface area contributed by atoms with Gasteiger partial charge in [0.25, 0.3) is 0 Å². The minimum atomic E-state index is -4.87. The highest BCUT2D eigenvalue weighted by Crippen LogP contribution is 2.35. The highest BCUT2D eigenvalue weighted by Gasteiger charge is 2.38. The average molecular weight is 262 g/mol. The summed E-state index contributed by atoms with van der Waals surface area (Å²) in [4.78, 5) is 11.8. The predicted octanol–water partition coefficient (Wildman–Crippen LogP) is 4.46. The molecule has 1 rings (SSSR count). The first-order chi connectivity index (χ1) is 8.02. The lowest BCUT2D eigenvalue weighted by molar-refractivity contribution is -0.140. The first-order valence-electron chi connectivity index (χ1n) is 5.41. The van der Waals surface area contributed by atoms with Gasteiger partial charge < -0.3 is 0 Å². The SMILES string of the molecule is CC(C)(C)CC(=O)c1cccc(F)c1C(F)(F)F. The summed E-state index contributed by atoms with van der Waals surface area (Å²) >= 11 is 0. The van der Waals surface area contributed by atoms with Crippen molar-refractivity contribution >= 4 is 5.78 Å². The Hall–Kier alpha value is -1.39. The summed E-state index contributed by atoms with van der Waals surface area (Å²) in [5, 5.41) is 0. The smallest absolute Gasteiger partial charge is 0.294 e. The molecule has 0 spiro atoms. The maximum atomic E-state index is 13.3. The molecule has 0 aliphatic heterocycles. The maximum Gasteiger partial charge on any atom is 0.419 e. The molecule has 0 aliphatic carbocycles. The fourth-order valence-corrected chi connectivity index (χ4v) is 1.62. The van der Waals surface area contributed by atoms with Gasteiger partial charge in [0.2, 0.25) is 0 Å². The van der Waals surface area contributed by atoms with E-state index in [0.717, 1.165) is 12.1 Å². The van der Waals surface area contributed by atoms with Crippen LogP contribution in [0.5, 0.6) is 0 Å². The van der Waals surface area contributed by atoms with E-state index in [1.54, 1.807) is 20.8 Å². The Morgan fingerprint density at radius 3 is 2.17 bits per heavy atom. The summed E-state index contributed by atoms with van der Waals surface area (Å²) < 4.78 is 51.4.